The Balaban J connectivity index is 2.39. The Morgan fingerprint density at radius 3 is 2.50 bits per heavy atom. The quantitative estimate of drug-likeness (QED) is 0.805. The Labute approximate surface area is 126 Å². The van der Waals surface area contributed by atoms with Crippen molar-refractivity contribution in [2.24, 2.45) is 0 Å². The van der Waals surface area contributed by atoms with Crippen molar-refractivity contribution in [3.63, 3.8) is 0 Å². The van der Waals surface area contributed by atoms with Crippen LogP contribution in [0.4, 0.5) is 15.9 Å². The van der Waals surface area contributed by atoms with Crippen molar-refractivity contribution in [1.29, 1.82) is 0 Å². The van der Waals surface area contributed by atoms with Gasteiger partial charge in [-0.05, 0) is 40.5 Å². The van der Waals surface area contributed by atoms with Gasteiger partial charge in [-0.15, -0.1) is 0 Å². The number of aryl methyl sites for hydroxylation is 1. The first kappa shape index (κ1) is 14.9. The minimum Gasteiger partial charge on any atom is -0.338 e. The second-order valence-corrected chi connectivity index (χ2v) is 6.57. The van der Waals surface area contributed by atoms with Crippen LogP contribution >= 0.6 is 15.9 Å². The van der Waals surface area contributed by atoms with E-state index in [1.807, 2.05) is 27.7 Å². The van der Waals surface area contributed by atoms with Crippen LogP contribution in [0.1, 0.15) is 32.2 Å². The van der Waals surface area contributed by atoms with Gasteiger partial charge in [0.1, 0.15) is 22.1 Å². The van der Waals surface area contributed by atoms with Crippen LogP contribution in [0, 0.1) is 12.7 Å². The molecule has 0 amide bonds. The zero-order valence-corrected chi connectivity index (χ0v) is 13.5. The summed E-state index contributed by atoms with van der Waals surface area (Å²) in [5.74, 6) is 0.964. The molecule has 0 aliphatic rings. The molecule has 1 aromatic heterocycles. The molecule has 1 aromatic carbocycles. The summed E-state index contributed by atoms with van der Waals surface area (Å²) in [6.45, 7) is 8.02. The van der Waals surface area contributed by atoms with Gasteiger partial charge in [-0.1, -0.05) is 26.8 Å². The van der Waals surface area contributed by atoms with Gasteiger partial charge >= 0.3 is 0 Å². The Hall–Kier alpha value is -1.49. The number of halogens is 2. The molecule has 3 nitrogen and oxygen atoms in total. The van der Waals surface area contributed by atoms with E-state index in [1.54, 1.807) is 18.2 Å². The normalized spacial score (nSPS) is 11.5. The van der Waals surface area contributed by atoms with Gasteiger partial charge in [0.2, 0.25) is 0 Å². The standard InChI is InChI=1S/C15H17BrFN3/c1-9-5-6-10(17)11(7-9)18-13-8-12(16)19-14(20-13)15(2,3)4/h5-8H,1-4H3,(H,18,19,20). The second kappa shape index (κ2) is 5.48. The van der Waals surface area contributed by atoms with Crippen molar-refractivity contribution in [2.45, 2.75) is 33.1 Å². The van der Waals surface area contributed by atoms with E-state index in [1.165, 1.54) is 6.07 Å². The third-order valence-corrected chi connectivity index (χ3v) is 3.16. The Kier molecular flexibility index (Phi) is 4.09. The highest BCUT2D eigenvalue weighted by Gasteiger charge is 2.19. The zero-order valence-electron chi connectivity index (χ0n) is 12.0. The number of nitrogens with one attached hydrogen (secondary N) is 1. The Bertz CT molecular complexity index is 636. The number of benzene rings is 1. The molecule has 1 N–H and O–H groups in total. The van der Waals surface area contributed by atoms with Crippen LogP contribution in [0.2, 0.25) is 0 Å². The van der Waals surface area contributed by atoms with Gasteiger partial charge in [-0.25, -0.2) is 14.4 Å². The average molecular weight is 338 g/mol. The lowest BCUT2D eigenvalue weighted by Crippen LogP contribution is -2.17. The molecule has 0 fully saturated rings. The first-order valence-corrected chi connectivity index (χ1v) is 7.13. The molecule has 0 unspecified atom stereocenters. The van der Waals surface area contributed by atoms with E-state index < -0.39 is 0 Å². The molecule has 20 heavy (non-hydrogen) atoms. The van der Waals surface area contributed by atoms with Crippen molar-refractivity contribution in [1.82, 2.24) is 9.97 Å². The average Bonchev–Trinajstić information content (AvgIpc) is 2.32. The molecule has 2 aromatic rings. The largest absolute Gasteiger partial charge is 0.338 e. The topological polar surface area (TPSA) is 37.8 Å². The van der Waals surface area contributed by atoms with Crippen molar-refractivity contribution in [2.75, 3.05) is 5.32 Å². The number of anilines is 2. The summed E-state index contributed by atoms with van der Waals surface area (Å²) in [6.07, 6.45) is 0. The Morgan fingerprint density at radius 1 is 1.15 bits per heavy atom. The van der Waals surface area contributed by atoms with Gasteiger partial charge in [-0.2, -0.15) is 0 Å². The van der Waals surface area contributed by atoms with E-state index in [0.29, 0.717) is 21.9 Å². The maximum Gasteiger partial charge on any atom is 0.146 e. The van der Waals surface area contributed by atoms with E-state index >= 15 is 0 Å². The summed E-state index contributed by atoms with van der Waals surface area (Å²) in [5, 5.41) is 3.01. The van der Waals surface area contributed by atoms with Crippen LogP contribution in [0.5, 0.6) is 0 Å². The fourth-order valence-corrected chi connectivity index (χ4v) is 2.07. The predicted molar refractivity (Wildman–Crippen MR) is 82.9 cm³/mol. The maximum atomic E-state index is 13.8. The molecule has 2 rings (SSSR count). The molecule has 0 saturated heterocycles. The number of nitrogens with zero attached hydrogens (tertiary/aromatic N) is 2. The summed E-state index contributed by atoms with van der Waals surface area (Å²) in [7, 11) is 0. The number of hydrogen-bond acceptors (Lipinski definition) is 3. The summed E-state index contributed by atoms with van der Waals surface area (Å²) in [4.78, 5) is 8.81. The van der Waals surface area contributed by atoms with Crippen LogP contribution in [-0.4, -0.2) is 9.97 Å². The zero-order chi connectivity index (χ0) is 14.9. The smallest absolute Gasteiger partial charge is 0.146 e. The third-order valence-electron chi connectivity index (χ3n) is 2.75. The van der Waals surface area contributed by atoms with Crippen LogP contribution < -0.4 is 5.32 Å². The van der Waals surface area contributed by atoms with Crippen LogP contribution in [0.3, 0.4) is 0 Å². The van der Waals surface area contributed by atoms with Gasteiger partial charge in [0, 0.05) is 11.5 Å². The van der Waals surface area contributed by atoms with E-state index in [4.69, 9.17) is 0 Å². The highest BCUT2D eigenvalue weighted by atomic mass is 79.9. The first-order chi connectivity index (χ1) is 9.25. The van der Waals surface area contributed by atoms with E-state index in [9.17, 15) is 4.39 Å². The van der Waals surface area contributed by atoms with Crippen molar-refractivity contribution >= 4 is 27.4 Å². The molecule has 0 aliphatic heterocycles. The van der Waals surface area contributed by atoms with Crippen molar-refractivity contribution in [3.8, 4) is 0 Å². The highest BCUT2D eigenvalue weighted by molar-refractivity contribution is 9.10. The van der Waals surface area contributed by atoms with Crippen molar-refractivity contribution in [3.05, 3.63) is 46.1 Å². The van der Waals surface area contributed by atoms with E-state index in [2.05, 4.69) is 31.2 Å². The minimum atomic E-state index is -0.303. The lowest BCUT2D eigenvalue weighted by molar-refractivity contribution is 0.544. The molecule has 5 heteroatoms. The summed E-state index contributed by atoms with van der Waals surface area (Å²) in [6, 6.07) is 6.66. The fourth-order valence-electron chi connectivity index (χ4n) is 1.69. The molecule has 0 saturated carbocycles. The SMILES string of the molecule is Cc1ccc(F)c(Nc2cc(Br)nc(C(C)(C)C)n2)c1. The van der Waals surface area contributed by atoms with Gasteiger partial charge < -0.3 is 5.32 Å². The van der Waals surface area contributed by atoms with Gasteiger partial charge in [0.25, 0.3) is 0 Å². The number of rotatable bonds is 2. The van der Waals surface area contributed by atoms with Crippen LogP contribution in [-0.2, 0) is 5.41 Å². The number of hydrogen-bond donors (Lipinski definition) is 1. The van der Waals surface area contributed by atoms with Gasteiger partial charge in [0.05, 0.1) is 5.69 Å². The molecular formula is C15H17BrFN3. The Morgan fingerprint density at radius 2 is 1.85 bits per heavy atom. The van der Waals surface area contributed by atoms with E-state index in [-0.39, 0.29) is 11.2 Å². The molecule has 0 bridgehead atoms. The fraction of sp³-hybridized carbons (Fsp3) is 0.333. The molecule has 0 atom stereocenters. The summed E-state index contributed by atoms with van der Waals surface area (Å²) in [5.41, 5.74) is 1.22. The predicted octanol–water partition coefficient (Wildman–Crippen LogP) is 4.73. The molecule has 106 valence electrons. The number of aromatic nitrogens is 2. The lowest BCUT2D eigenvalue weighted by atomic mass is 9.96. The molecule has 0 spiro atoms. The van der Waals surface area contributed by atoms with Gasteiger partial charge in [-0.3, -0.25) is 0 Å². The van der Waals surface area contributed by atoms with Crippen molar-refractivity contribution < 1.29 is 4.39 Å². The molecule has 1 heterocycles. The monoisotopic (exact) mass is 337 g/mol. The molecule has 0 radical (unpaired) electrons. The lowest BCUT2D eigenvalue weighted by Gasteiger charge is -2.18. The summed E-state index contributed by atoms with van der Waals surface area (Å²) >= 11 is 3.37. The van der Waals surface area contributed by atoms with Crippen LogP contribution in [0.15, 0.2) is 28.9 Å². The van der Waals surface area contributed by atoms with Gasteiger partial charge in [0.15, 0.2) is 0 Å². The summed E-state index contributed by atoms with van der Waals surface area (Å²) < 4.78 is 14.4. The first-order valence-electron chi connectivity index (χ1n) is 6.34. The maximum absolute atomic E-state index is 13.8. The second-order valence-electron chi connectivity index (χ2n) is 5.76. The third kappa shape index (κ3) is 3.54. The highest BCUT2D eigenvalue weighted by Crippen LogP contribution is 2.25. The minimum absolute atomic E-state index is 0.175. The van der Waals surface area contributed by atoms with Crippen LogP contribution in [0.25, 0.3) is 0 Å². The molecular weight excluding hydrogens is 321 g/mol. The van der Waals surface area contributed by atoms with E-state index in [0.717, 1.165) is 5.56 Å². The molecule has 0 aliphatic carbocycles.